The van der Waals surface area contributed by atoms with Crippen LogP contribution < -0.4 is 5.32 Å². The molecule has 0 amide bonds. The Hall–Kier alpha value is -2.47. The molecule has 0 saturated carbocycles. The van der Waals surface area contributed by atoms with Crippen molar-refractivity contribution in [3.05, 3.63) is 40.9 Å². The first-order chi connectivity index (χ1) is 11.2. The number of aryl methyl sites for hydroxylation is 2. The first-order valence-corrected chi connectivity index (χ1v) is 8.48. The van der Waals surface area contributed by atoms with Crippen LogP contribution >= 0.6 is 11.3 Å². The molecule has 1 aromatic carbocycles. The Morgan fingerprint density at radius 2 is 1.96 bits per heavy atom. The molecule has 23 heavy (non-hydrogen) atoms. The van der Waals surface area contributed by atoms with Crippen LogP contribution in [-0.4, -0.2) is 20.7 Å². The van der Waals surface area contributed by atoms with E-state index >= 15 is 0 Å². The number of benzene rings is 1. The second-order valence-corrected chi connectivity index (χ2v) is 6.48. The van der Waals surface area contributed by atoms with E-state index in [1.807, 2.05) is 13.1 Å². The minimum atomic E-state index is 0.782. The van der Waals surface area contributed by atoms with E-state index in [2.05, 4.69) is 56.4 Å². The van der Waals surface area contributed by atoms with Crippen molar-refractivity contribution in [3.63, 3.8) is 0 Å². The molecule has 0 atom stereocenters. The standard InChI is InChI=1S/C17H17N5S/c1-11-4-6-13(7-5-11)20-17-21-14(10-23-17)15-12(2)19-16-18-8-3-9-22(15)16/h4-8,10H,3,9H2,1-2H3,(H,20,21). The highest BCUT2D eigenvalue weighted by molar-refractivity contribution is 7.14. The lowest BCUT2D eigenvalue weighted by Crippen LogP contribution is -2.04. The summed E-state index contributed by atoms with van der Waals surface area (Å²) < 4.78 is 2.15. The van der Waals surface area contributed by atoms with E-state index in [-0.39, 0.29) is 0 Å². The monoisotopic (exact) mass is 323 g/mol. The number of rotatable bonds is 3. The van der Waals surface area contributed by atoms with Crippen LogP contribution in [0, 0.1) is 13.8 Å². The summed E-state index contributed by atoms with van der Waals surface area (Å²) >= 11 is 1.60. The lowest BCUT2D eigenvalue weighted by Gasteiger charge is -2.10. The van der Waals surface area contributed by atoms with Crippen LogP contribution in [0.1, 0.15) is 17.7 Å². The molecular formula is C17H17N5S. The molecule has 0 spiro atoms. The summed E-state index contributed by atoms with van der Waals surface area (Å²) in [5, 5.41) is 6.32. The molecule has 5 nitrogen and oxygen atoms in total. The third kappa shape index (κ3) is 2.66. The van der Waals surface area contributed by atoms with Crippen LogP contribution in [0.4, 0.5) is 16.8 Å². The molecule has 1 N–H and O–H groups in total. The Labute approximate surface area is 138 Å². The van der Waals surface area contributed by atoms with Gasteiger partial charge in [0, 0.05) is 30.2 Å². The molecule has 3 aromatic rings. The summed E-state index contributed by atoms with van der Waals surface area (Å²) in [6, 6.07) is 8.31. The number of thiazole rings is 1. The lowest BCUT2D eigenvalue weighted by molar-refractivity contribution is 0.721. The van der Waals surface area contributed by atoms with Crippen LogP contribution in [0.3, 0.4) is 0 Å². The second kappa shape index (κ2) is 5.62. The molecule has 4 rings (SSSR count). The summed E-state index contributed by atoms with van der Waals surface area (Å²) in [5.41, 5.74) is 5.31. The number of nitrogens with one attached hydrogen (secondary N) is 1. The normalized spacial score (nSPS) is 13.1. The Morgan fingerprint density at radius 3 is 2.78 bits per heavy atom. The third-order valence-corrected chi connectivity index (χ3v) is 4.62. The molecule has 0 saturated heterocycles. The molecule has 2 aromatic heterocycles. The van der Waals surface area contributed by atoms with Crippen molar-refractivity contribution >= 4 is 34.3 Å². The van der Waals surface area contributed by atoms with Crippen molar-refractivity contribution in [3.8, 4) is 11.4 Å². The number of hydrogen-bond acceptors (Lipinski definition) is 5. The average Bonchev–Trinajstić information content (AvgIpc) is 3.12. The van der Waals surface area contributed by atoms with Crippen LogP contribution in [0.25, 0.3) is 11.4 Å². The van der Waals surface area contributed by atoms with E-state index < -0.39 is 0 Å². The Kier molecular flexibility index (Phi) is 3.46. The molecule has 0 fully saturated rings. The predicted molar refractivity (Wildman–Crippen MR) is 95.3 cm³/mol. The Morgan fingerprint density at radius 1 is 1.13 bits per heavy atom. The third-order valence-electron chi connectivity index (χ3n) is 3.86. The zero-order valence-corrected chi connectivity index (χ0v) is 13.9. The van der Waals surface area contributed by atoms with E-state index in [9.17, 15) is 0 Å². The van der Waals surface area contributed by atoms with Gasteiger partial charge in [0.15, 0.2) is 5.13 Å². The summed E-state index contributed by atoms with van der Waals surface area (Å²) in [6.07, 6.45) is 2.87. The maximum atomic E-state index is 4.73. The van der Waals surface area contributed by atoms with Crippen molar-refractivity contribution in [1.82, 2.24) is 14.5 Å². The highest BCUT2D eigenvalue weighted by atomic mass is 32.1. The Balaban J connectivity index is 1.65. The van der Waals surface area contributed by atoms with Gasteiger partial charge in [-0.15, -0.1) is 11.3 Å². The maximum absolute atomic E-state index is 4.73. The van der Waals surface area contributed by atoms with Crippen molar-refractivity contribution < 1.29 is 0 Å². The molecule has 6 heteroatoms. The van der Waals surface area contributed by atoms with Gasteiger partial charge < -0.3 is 9.88 Å². The van der Waals surface area contributed by atoms with E-state index in [4.69, 9.17) is 4.98 Å². The molecule has 0 unspecified atom stereocenters. The van der Waals surface area contributed by atoms with Crippen molar-refractivity contribution in [2.45, 2.75) is 26.8 Å². The van der Waals surface area contributed by atoms with Gasteiger partial charge in [0.2, 0.25) is 5.95 Å². The highest BCUT2D eigenvalue weighted by Gasteiger charge is 2.19. The fourth-order valence-electron chi connectivity index (χ4n) is 2.73. The molecule has 1 aliphatic heterocycles. The van der Waals surface area contributed by atoms with E-state index in [0.29, 0.717) is 0 Å². The summed E-state index contributed by atoms with van der Waals surface area (Å²) in [5.74, 6) is 0.782. The fourth-order valence-corrected chi connectivity index (χ4v) is 3.44. The fraction of sp³-hybridized carbons (Fsp3) is 0.235. The summed E-state index contributed by atoms with van der Waals surface area (Å²) in [7, 11) is 0. The largest absolute Gasteiger partial charge is 0.332 e. The molecular weight excluding hydrogens is 306 g/mol. The zero-order chi connectivity index (χ0) is 15.8. The number of imidazole rings is 1. The van der Waals surface area contributed by atoms with Gasteiger partial charge in [-0.3, -0.25) is 0 Å². The van der Waals surface area contributed by atoms with Gasteiger partial charge in [-0.25, -0.2) is 15.0 Å². The number of hydrogen-bond donors (Lipinski definition) is 1. The van der Waals surface area contributed by atoms with Gasteiger partial charge in [-0.05, 0) is 26.0 Å². The molecule has 0 bridgehead atoms. The van der Waals surface area contributed by atoms with Crippen LogP contribution in [0.2, 0.25) is 0 Å². The minimum absolute atomic E-state index is 0.782. The van der Waals surface area contributed by atoms with Gasteiger partial charge in [0.1, 0.15) is 5.69 Å². The maximum Gasteiger partial charge on any atom is 0.229 e. The highest BCUT2D eigenvalue weighted by Crippen LogP contribution is 2.33. The van der Waals surface area contributed by atoms with Gasteiger partial charge >= 0.3 is 0 Å². The number of anilines is 2. The molecule has 3 heterocycles. The Bertz CT molecular complexity index is 873. The van der Waals surface area contributed by atoms with Gasteiger partial charge in [0.05, 0.1) is 11.4 Å². The first-order valence-electron chi connectivity index (χ1n) is 7.60. The predicted octanol–water partition coefficient (Wildman–Crippen LogP) is 4.47. The first kappa shape index (κ1) is 14.1. The van der Waals surface area contributed by atoms with E-state index in [1.54, 1.807) is 11.3 Å². The van der Waals surface area contributed by atoms with Crippen LogP contribution in [0.15, 0.2) is 34.6 Å². The number of aromatic nitrogens is 3. The lowest BCUT2D eigenvalue weighted by atomic mass is 10.2. The molecule has 0 radical (unpaired) electrons. The van der Waals surface area contributed by atoms with Crippen molar-refractivity contribution in [2.75, 3.05) is 5.32 Å². The SMILES string of the molecule is Cc1ccc(Nc2nc(-c3c(C)nc4n3CCC=N4)cs2)cc1. The van der Waals surface area contributed by atoms with Crippen molar-refractivity contribution in [1.29, 1.82) is 0 Å². The number of aliphatic imine (C=N–C) groups is 1. The average molecular weight is 323 g/mol. The smallest absolute Gasteiger partial charge is 0.229 e. The second-order valence-electron chi connectivity index (χ2n) is 5.63. The van der Waals surface area contributed by atoms with Crippen LogP contribution in [-0.2, 0) is 6.54 Å². The van der Waals surface area contributed by atoms with Gasteiger partial charge in [-0.1, -0.05) is 17.7 Å². The number of fused-ring (bicyclic) bond motifs is 1. The summed E-state index contributed by atoms with van der Waals surface area (Å²) in [4.78, 5) is 13.6. The molecule has 0 aliphatic carbocycles. The van der Waals surface area contributed by atoms with Gasteiger partial charge in [0.25, 0.3) is 0 Å². The van der Waals surface area contributed by atoms with Gasteiger partial charge in [-0.2, -0.15) is 0 Å². The van der Waals surface area contributed by atoms with E-state index in [1.165, 1.54) is 5.56 Å². The topological polar surface area (TPSA) is 55.1 Å². The minimum Gasteiger partial charge on any atom is -0.332 e. The zero-order valence-electron chi connectivity index (χ0n) is 13.1. The van der Waals surface area contributed by atoms with Crippen LogP contribution in [0.5, 0.6) is 0 Å². The summed E-state index contributed by atoms with van der Waals surface area (Å²) in [6.45, 7) is 5.01. The van der Waals surface area contributed by atoms with Crippen molar-refractivity contribution in [2.24, 2.45) is 4.99 Å². The molecule has 1 aliphatic rings. The van der Waals surface area contributed by atoms with E-state index in [0.717, 1.165) is 46.8 Å². The number of nitrogens with zero attached hydrogens (tertiary/aromatic N) is 4. The quantitative estimate of drug-likeness (QED) is 0.773. The molecule has 116 valence electrons.